The first-order valence-electron chi connectivity index (χ1n) is 5.78. The van der Waals surface area contributed by atoms with E-state index < -0.39 is 5.60 Å². The Kier molecular flexibility index (Phi) is 3.17. The van der Waals surface area contributed by atoms with E-state index in [4.69, 9.17) is 0 Å². The van der Waals surface area contributed by atoms with Gasteiger partial charge in [0.05, 0.1) is 5.60 Å². The number of nitrogens with zero attached hydrogens (tertiary/aromatic N) is 1. The van der Waals surface area contributed by atoms with E-state index in [1.807, 2.05) is 19.1 Å². The van der Waals surface area contributed by atoms with Gasteiger partial charge in [-0.1, -0.05) is 12.1 Å². The number of aliphatic hydroxyl groups is 1. The third-order valence-corrected chi connectivity index (χ3v) is 3.28. The zero-order valence-corrected chi connectivity index (χ0v) is 9.69. The Hall–Kier alpha value is -1.06. The number of hydrogen-bond acceptors (Lipinski definition) is 3. The van der Waals surface area contributed by atoms with Crippen molar-refractivity contribution in [3.05, 3.63) is 29.8 Å². The number of likely N-dealkylation sites (tertiary alicyclic amines) is 1. The number of rotatable bonds is 2. The highest BCUT2D eigenvalue weighted by Crippen LogP contribution is 2.22. The van der Waals surface area contributed by atoms with Crippen LogP contribution < -0.4 is 0 Å². The molecule has 1 aliphatic heterocycles. The van der Waals surface area contributed by atoms with Gasteiger partial charge in [0, 0.05) is 19.6 Å². The zero-order valence-electron chi connectivity index (χ0n) is 9.69. The summed E-state index contributed by atoms with van der Waals surface area (Å²) < 4.78 is 0. The molecule has 1 fully saturated rings. The van der Waals surface area contributed by atoms with Crippen LogP contribution >= 0.6 is 0 Å². The summed E-state index contributed by atoms with van der Waals surface area (Å²) in [4.78, 5) is 2.34. The largest absolute Gasteiger partial charge is 0.508 e. The molecule has 0 atom stereocenters. The minimum atomic E-state index is -0.481. The van der Waals surface area contributed by atoms with Crippen LogP contribution in [0.4, 0.5) is 0 Å². The quantitative estimate of drug-likeness (QED) is 0.799. The summed E-state index contributed by atoms with van der Waals surface area (Å²) >= 11 is 0. The second kappa shape index (κ2) is 4.44. The normalized spacial score (nSPS) is 20.9. The van der Waals surface area contributed by atoms with Crippen molar-refractivity contribution in [3.63, 3.8) is 0 Å². The summed E-state index contributed by atoms with van der Waals surface area (Å²) in [6, 6.07) is 7.33. The molecule has 3 nitrogen and oxygen atoms in total. The van der Waals surface area contributed by atoms with Crippen LogP contribution in [-0.4, -0.2) is 33.8 Å². The molecular weight excluding hydrogens is 202 g/mol. The molecule has 2 rings (SSSR count). The van der Waals surface area contributed by atoms with E-state index in [0.717, 1.165) is 32.5 Å². The average molecular weight is 221 g/mol. The molecule has 1 aromatic carbocycles. The minimum absolute atomic E-state index is 0.310. The van der Waals surface area contributed by atoms with E-state index in [9.17, 15) is 10.2 Å². The first-order chi connectivity index (χ1) is 7.55. The highest BCUT2D eigenvalue weighted by atomic mass is 16.3. The second-order valence-electron chi connectivity index (χ2n) is 4.94. The number of benzene rings is 1. The van der Waals surface area contributed by atoms with Gasteiger partial charge in [-0.15, -0.1) is 0 Å². The van der Waals surface area contributed by atoms with E-state index >= 15 is 0 Å². The molecule has 0 radical (unpaired) electrons. The first kappa shape index (κ1) is 11.4. The van der Waals surface area contributed by atoms with E-state index in [-0.39, 0.29) is 0 Å². The van der Waals surface area contributed by atoms with Crippen LogP contribution in [0.15, 0.2) is 24.3 Å². The molecule has 0 aliphatic carbocycles. The predicted molar refractivity (Wildman–Crippen MR) is 63.2 cm³/mol. The molecule has 0 unspecified atom stereocenters. The summed E-state index contributed by atoms with van der Waals surface area (Å²) in [5.41, 5.74) is 0.727. The lowest BCUT2D eigenvalue weighted by Gasteiger charge is -2.35. The Labute approximate surface area is 96.3 Å². The van der Waals surface area contributed by atoms with Gasteiger partial charge in [0.15, 0.2) is 0 Å². The SMILES string of the molecule is CC1(O)CCN(Cc2ccc(O)cc2)CC1. The fourth-order valence-electron chi connectivity index (χ4n) is 2.05. The maximum Gasteiger partial charge on any atom is 0.115 e. The summed E-state index contributed by atoms with van der Waals surface area (Å²) in [6.07, 6.45) is 1.68. The molecule has 1 aliphatic rings. The van der Waals surface area contributed by atoms with Gasteiger partial charge in [0.2, 0.25) is 0 Å². The zero-order chi connectivity index (χ0) is 11.6. The Morgan fingerprint density at radius 2 is 1.75 bits per heavy atom. The smallest absolute Gasteiger partial charge is 0.115 e. The second-order valence-corrected chi connectivity index (χ2v) is 4.94. The molecule has 0 saturated carbocycles. The van der Waals surface area contributed by atoms with Crippen molar-refractivity contribution in [2.45, 2.75) is 31.9 Å². The third kappa shape index (κ3) is 2.97. The third-order valence-electron chi connectivity index (χ3n) is 3.28. The lowest BCUT2D eigenvalue weighted by Crippen LogP contribution is -2.41. The van der Waals surface area contributed by atoms with E-state index in [1.54, 1.807) is 12.1 Å². The standard InChI is InChI=1S/C13H19NO2/c1-13(16)6-8-14(9-7-13)10-11-2-4-12(15)5-3-11/h2-5,15-16H,6-10H2,1H3. The molecule has 2 N–H and O–H groups in total. The molecule has 16 heavy (non-hydrogen) atoms. The van der Waals surface area contributed by atoms with E-state index in [1.165, 1.54) is 5.56 Å². The summed E-state index contributed by atoms with van der Waals surface area (Å²) in [7, 11) is 0. The van der Waals surface area contributed by atoms with E-state index in [0.29, 0.717) is 5.75 Å². The van der Waals surface area contributed by atoms with Crippen LogP contribution in [-0.2, 0) is 6.54 Å². The topological polar surface area (TPSA) is 43.7 Å². The average Bonchev–Trinajstić information content (AvgIpc) is 2.24. The number of phenols is 1. The molecule has 0 aromatic heterocycles. The van der Waals surface area contributed by atoms with Gasteiger partial charge in [-0.3, -0.25) is 4.90 Å². The molecule has 0 spiro atoms. The molecule has 88 valence electrons. The van der Waals surface area contributed by atoms with Gasteiger partial charge in [-0.05, 0) is 37.5 Å². The maximum atomic E-state index is 9.83. The highest BCUT2D eigenvalue weighted by molar-refractivity contribution is 5.25. The van der Waals surface area contributed by atoms with Crippen LogP contribution in [0, 0.1) is 0 Å². The van der Waals surface area contributed by atoms with Crippen molar-refractivity contribution in [3.8, 4) is 5.75 Å². The fourth-order valence-corrected chi connectivity index (χ4v) is 2.05. The predicted octanol–water partition coefficient (Wildman–Crippen LogP) is 1.74. The van der Waals surface area contributed by atoms with Crippen molar-refractivity contribution in [2.75, 3.05) is 13.1 Å². The summed E-state index contributed by atoms with van der Waals surface area (Å²) in [6.45, 7) is 4.68. The Morgan fingerprint density at radius 1 is 1.19 bits per heavy atom. The fraction of sp³-hybridized carbons (Fsp3) is 0.538. The Morgan fingerprint density at radius 3 is 2.31 bits per heavy atom. The van der Waals surface area contributed by atoms with Gasteiger partial charge in [-0.2, -0.15) is 0 Å². The number of phenolic OH excluding ortho intramolecular Hbond substituents is 1. The Balaban J connectivity index is 1.89. The Bertz CT molecular complexity index is 335. The molecule has 0 amide bonds. The molecular formula is C13H19NO2. The molecule has 1 aromatic rings. The van der Waals surface area contributed by atoms with Crippen molar-refractivity contribution in [2.24, 2.45) is 0 Å². The van der Waals surface area contributed by atoms with Crippen molar-refractivity contribution >= 4 is 0 Å². The van der Waals surface area contributed by atoms with Crippen molar-refractivity contribution in [1.29, 1.82) is 0 Å². The van der Waals surface area contributed by atoms with Crippen LogP contribution in [0.25, 0.3) is 0 Å². The van der Waals surface area contributed by atoms with Crippen LogP contribution in [0.2, 0.25) is 0 Å². The highest BCUT2D eigenvalue weighted by Gasteiger charge is 2.26. The lowest BCUT2D eigenvalue weighted by atomic mass is 9.93. The van der Waals surface area contributed by atoms with Crippen molar-refractivity contribution in [1.82, 2.24) is 4.90 Å². The number of hydrogen-bond donors (Lipinski definition) is 2. The monoisotopic (exact) mass is 221 g/mol. The van der Waals surface area contributed by atoms with E-state index in [2.05, 4.69) is 4.90 Å². The minimum Gasteiger partial charge on any atom is -0.508 e. The van der Waals surface area contributed by atoms with Gasteiger partial charge < -0.3 is 10.2 Å². The van der Waals surface area contributed by atoms with Gasteiger partial charge in [0.25, 0.3) is 0 Å². The van der Waals surface area contributed by atoms with Crippen molar-refractivity contribution < 1.29 is 10.2 Å². The molecule has 0 bridgehead atoms. The number of aromatic hydroxyl groups is 1. The molecule has 3 heteroatoms. The van der Waals surface area contributed by atoms with Crippen LogP contribution in [0.5, 0.6) is 5.75 Å². The molecule has 1 heterocycles. The lowest BCUT2D eigenvalue weighted by molar-refractivity contribution is -0.00729. The van der Waals surface area contributed by atoms with Crippen LogP contribution in [0.1, 0.15) is 25.3 Å². The first-order valence-corrected chi connectivity index (χ1v) is 5.78. The van der Waals surface area contributed by atoms with Gasteiger partial charge >= 0.3 is 0 Å². The van der Waals surface area contributed by atoms with Gasteiger partial charge in [0.1, 0.15) is 5.75 Å². The summed E-state index contributed by atoms with van der Waals surface area (Å²) in [5, 5.41) is 19.0. The molecule has 1 saturated heterocycles. The maximum absolute atomic E-state index is 9.83. The van der Waals surface area contributed by atoms with Crippen LogP contribution in [0.3, 0.4) is 0 Å². The number of piperidine rings is 1. The summed E-state index contributed by atoms with van der Waals surface area (Å²) in [5.74, 6) is 0.310. The van der Waals surface area contributed by atoms with Gasteiger partial charge in [-0.25, -0.2) is 0 Å².